The maximum absolute atomic E-state index is 6.31. The molecule has 0 spiro atoms. The molecule has 46 heavy (non-hydrogen) atoms. The van der Waals surface area contributed by atoms with Gasteiger partial charge in [0.15, 0.2) is 0 Å². The average molecular weight is 693 g/mol. The molecule has 7 rings (SSSR count). The van der Waals surface area contributed by atoms with E-state index in [2.05, 4.69) is 68.1 Å². The van der Waals surface area contributed by atoms with E-state index in [-0.39, 0.29) is 6.04 Å². The van der Waals surface area contributed by atoms with Crippen molar-refractivity contribution in [2.75, 3.05) is 62.2 Å². The molecule has 6 nitrogen and oxygen atoms in total. The molecular weight excluding hydrogens is 658 g/mol. The number of nitrogens with zero attached hydrogens (tertiary/aromatic N) is 6. The summed E-state index contributed by atoms with van der Waals surface area (Å²) in [6.07, 6.45) is 0. The second-order valence-corrected chi connectivity index (χ2v) is 13.6. The number of anilines is 2. The maximum atomic E-state index is 6.31. The number of piperazine rings is 2. The Labute approximate surface area is 290 Å². The van der Waals surface area contributed by atoms with Crippen LogP contribution in [0.5, 0.6) is 0 Å². The molecule has 2 fully saturated rings. The van der Waals surface area contributed by atoms with Gasteiger partial charge >= 0.3 is 0 Å². The van der Waals surface area contributed by atoms with Crippen LogP contribution in [0, 0.1) is 0 Å². The van der Waals surface area contributed by atoms with Gasteiger partial charge in [0, 0.05) is 73.5 Å². The van der Waals surface area contributed by atoms with Crippen LogP contribution in [-0.2, 0) is 6.54 Å². The predicted octanol–water partition coefficient (Wildman–Crippen LogP) is 8.48. The van der Waals surface area contributed by atoms with E-state index in [4.69, 9.17) is 56.4 Å². The van der Waals surface area contributed by atoms with E-state index >= 15 is 0 Å². The lowest BCUT2D eigenvalue weighted by molar-refractivity contribution is 0.103. The van der Waals surface area contributed by atoms with E-state index in [0.29, 0.717) is 16.6 Å². The summed E-state index contributed by atoms with van der Waals surface area (Å²) in [5.41, 5.74) is 4.53. The molecule has 0 saturated carbocycles. The highest BCUT2D eigenvalue weighted by Gasteiger charge is 2.28. The monoisotopic (exact) mass is 690 g/mol. The van der Waals surface area contributed by atoms with Crippen molar-refractivity contribution in [1.82, 2.24) is 19.8 Å². The largest absolute Gasteiger partial charge is 0.368 e. The summed E-state index contributed by atoms with van der Waals surface area (Å²) in [6.45, 7) is 7.86. The first kappa shape index (κ1) is 31.5. The lowest BCUT2D eigenvalue weighted by Gasteiger charge is -2.40. The van der Waals surface area contributed by atoms with E-state index in [1.165, 1.54) is 11.1 Å². The van der Waals surface area contributed by atoms with Crippen LogP contribution >= 0.6 is 46.4 Å². The number of hydrogen-bond donors (Lipinski definition) is 0. The molecule has 1 aromatic heterocycles. The van der Waals surface area contributed by atoms with Gasteiger partial charge in [-0.05, 0) is 65.7 Å². The Kier molecular flexibility index (Phi) is 9.55. The molecule has 0 aliphatic carbocycles. The summed E-state index contributed by atoms with van der Waals surface area (Å²) in [5.74, 6) is 1.87. The Morgan fingerprint density at radius 1 is 0.587 bits per heavy atom. The molecule has 0 amide bonds. The third kappa shape index (κ3) is 6.93. The van der Waals surface area contributed by atoms with Gasteiger partial charge in [-0.15, -0.1) is 0 Å². The van der Waals surface area contributed by atoms with Crippen LogP contribution in [0.1, 0.15) is 23.0 Å². The van der Waals surface area contributed by atoms with E-state index in [1.807, 2.05) is 42.5 Å². The molecule has 2 saturated heterocycles. The van der Waals surface area contributed by atoms with Gasteiger partial charge in [0.25, 0.3) is 0 Å². The molecule has 0 N–H and O–H groups in total. The molecule has 4 aromatic carbocycles. The number of para-hydroxylation sites is 1. The molecule has 0 atom stereocenters. The molecule has 236 valence electrons. The number of aromatic nitrogens is 2. The SMILES string of the molecule is Clc1ccc(C(c2ccc(Cl)cc2)N2CCN(Cc3nc(N4CCN(c5ccc(Cl)c(Cl)c5)CC4)c4ccccc4n3)CC2)cc1. The van der Waals surface area contributed by atoms with Gasteiger partial charge in [0.2, 0.25) is 0 Å². The first-order valence-corrected chi connectivity index (χ1v) is 17.1. The van der Waals surface area contributed by atoms with E-state index in [1.54, 1.807) is 0 Å². The minimum atomic E-state index is 0.128. The Morgan fingerprint density at radius 2 is 1.20 bits per heavy atom. The van der Waals surface area contributed by atoms with Crippen LogP contribution in [-0.4, -0.2) is 72.1 Å². The quantitative estimate of drug-likeness (QED) is 0.171. The van der Waals surface area contributed by atoms with Crippen molar-refractivity contribution in [1.29, 1.82) is 0 Å². The summed E-state index contributed by atoms with van der Waals surface area (Å²) in [6, 6.07) is 30.7. The van der Waals surface area contributed by atoms with Gasteiger partial charge in [-0.2, -0.15) is 0 Å². The van der Waals surface area contributed by atoms with Crippen molar-refractivity contribution >= 4 is 68.8 Å². The van der Waals surface area contributed by atoms with Gasteiger partial charge in [-0.1, -0.05) is 82.8 Å². The molecule has 0 radical (unpaired) electrons. The second kappa shape index (κ2) is 13.9. The fourth-order valence-electron chi connectivity index (χ4n) is 6.56. The molecule has 2 aliphatic heterocycles. The van der Waals surface area contributed by atoms with E-state index in [0.717, 1.165) is 90.6 Å². The van der Waals surface area contributed by atoms with Gasteiger partial charge in [0.05, 0.1) is 28.1 Å². The number of halogens is 4. The highest BCUT2D eigenvalue weighted by Crippen LogP contribution is 2.33. The third-order valence-electron chi connectivity index (χ3n) is 8.99. The van der Waals surface area contributed by atoms with Gasteiger partial charge in [-0.3, -0.25) is 9.80 Å². The van der Waals surface area contributed by atoms with Gasteiger partial charge < -0.3 is 9.80 Å². The van der Waals surface area contributed by atoms with Crippen molar-refractivity contribution in [3.8, 4) is 0 Å². The molecule has 5 aromatic rings. The molecule has 0 unspecified atom stereocenters. The normalized spacial score (nSPS) is 16.5. The predicted molar refractivity (Wildman–Crippen MR) is 192 cm³/mol. The number of rotatable bonds is 7. The maximum Gasteiger partial charge on any atom is 0.145 e. The number of hydrogen-bond acceptors (Lipinski definition) is 6. The number of fused-ring (bicyclic) bond motifs is 1. The van der Waals surface area contributed by atoms with Crippen molar-refractivity contribution in [3.63, 3.8) is 0 Å². The second-order valence-electron chi connectivity index (χ2n) is 11.9. The lowest BCUT2D eigenvalue weighted by Crippen LogP contribution is -2.48. The first-order valence-electron chi connectivity index (χ1n) is 15.6. The average Bonchev–Trinajstić information content (AvgIpc) is 3.08. The third-order valence-corrected chi connectivity index (χ3v) is 10.2. The van der Waals surface area contributed by atoms with Crippen molar-refractivity contribution in [2.24, 2.45) is 0 Å². The summed E-state index contributed by atoms with van der Waals surface area (Å²) >= 11 is 24.9. The molecule has 3 heterocycles. The highest BCUT2D eigenvalue weighted by molar-refractivity contribution is 6.42. The van der Waals surface area contributed by atoms with Gasteiger partial charge in [0.1, 0.15) is 11.6 Å². The summed E-state index contributed by atoms with van der Waals surface area (Å²) in [5, 5.41) is 3.73. The Hall–Kier alpha value is -3.10. The standard InChI is InChI=1S/C36H34Cl4N6/c37-27-9-5-25(6-10-27)35(26-7-11-28(38)12-8-26)45-17-15-43(16-18-45)24-34-41-33-4-2-1-3-30(33)36(42-34)46-21-19-44(20-22-46)29-13-14-31(39)32(40)23-29/h1-14,23,35H,15-22,24H2. The zero-order valence-electron chi connectivity index (χ0n) is 25.3. The van der Waals surface area contributed by atoms with E-state index < -0.39 is 0 Å². The van der Waals surface area contributed by atoms with E-state index in [9.17, 15) is 0 Å². The molecule has 10 heteroatoms. The summed E-state index contributed by atoms with van der Waals surface area (Å²) in [7, 11) is 0. The van der Waals surface area contributed by atoms with Gasteiger partial charge in [-0.25, -0.2) is 9.97 Å². The summed E-state index contributed by atoms with van der Waals surface area (Å²) in [4.78, 5) is 20.0. The summed E-state index contributed by atoms with van der Waals surface area (Å²) < 4.78 is 0. The molecular formula is C36H34Cl4N6. The minimum Gasteiger partial charge on any atom is -0.368 e. The van der Waals surface area contributed by atoms with Crippen LogP contribution in [0.4, 0.5) is 11.5 Å². The fraction of sp³-hybridized carbons (Fsp3) is 0.278. The van der Waals surface area contributed by atoms with Crippen molar-refractivity contribution < 1.29 is 0 Å². The van der Waals surface area contributed by atoms with Crippen molar-refractivity contribution in [3.05, 3.63) is 128 Å². The number of benzene rings is 4. The highest BCUT2D eigenvalue weighted by atomic mass is 35.5. The Balaban J connectivity index is 1.06. The lowest BCUT2D eigenvalue weighted by atomic mass is 9.96. The van der Waals surface area contributed by atoms with Crippen molar-refractivity contribution in [2.45, 2.75) is 12.6 Å². The smallest absolute Gasteiger partial charge is 0.145 e. The minimum absolute atomic E-state index is 0.128. The van der Waals surface area contributed by atoms with Crippen LogP contribution in [0.2, 0.25) is 20.1 Å². The van der Waals surface area contributed by atoms with Crippen LogP contribution < -0.4 is 9.80 Å². The first-order chi connectivity index (χ1) is 22.4. The van der Waals surface area contributed by atoms with Crippen LogP contribution in [0.3, 0.4) is 0 Å². The van der Waals surface area contributed by atoms with Crippen LogP contribution in [0.15, 0.2) is 91.0 Å². The van der Waals surface area contributed by atoms with Crippen LogP contribution in [0.25, 0.3) is 10.9 Å². The molecule has 0 bridgehead atoms. The Bertz CT molecular complexity index is 1760. The fourth-order valence-corrected chi connectivity index (χ4v) is 7.10. The zero-order valence-corrected chi connectivity index (χ0v) is 28.3. The Morgan fingerprint density at radius 3 is 1.83 bits per heavy atom. The topological polar surface area (TPSA) is 38.7 Å². The molecule has 2 aliphatic rings. The zero-order chi connectivity index (χ0) is 31.6.